The van der Waals surface area contributed by atoms with E-state index in [1.807, 2.05) is 12.1 Å². The van der Waals surface area contributed by atoms with Crippen molar-refractivity contribution in [3.63, 3.8) is 0 Å². The molecule has 4 heteroatoms. The van der Waals surface area contributed by atoms with E-state index in [0.717, 1.165) is 42.9 Å². The zero-order valence-electron chi connectivity index (χ0n) is 14.0. The van der Waals surface area contributed by atoms with Gasteiger partial charge in [-0.1, -0.05) is 36.2 Å². The largest absolute Gasteiger partial charge is 0.481 e. The average molecular weight is 325 g/mol. The van der Waals surface area contributed by atoms with E-state index in [0.29, 0.717) is 19.0 Å². The Morgan fingerprint density at radius 1 is 1.29 bits per heavy atom. The first-order valence-corrected chi connectivity index (χ1v) is 8.68. The highest BCUT2D eigenvalue weighted by molar-refractivity contribution is 5.76. The summed E-state index contributed by atoms with van der Waals surface area (Å²) >= 11 is 0. The summed E-state index contributed by atoms with van der Waals surface area (Å²) in [6.45, 7) is 4.28. The molecule has 1 aromatic carbocycles. The number of likely N-dealkylation sites (tertiary alicyclic amines) is 1. The molecule has 0 amide bonds. The Hall–Kier alpha value is -2.07. The maximum absolute atomic E-state index is 11.8. The lowest BCUT2D eigenvalue weighted by Crippen LogP contribution is -2.35. The topological polar surface area (TPSA) is 53.7 Å². The summed E-state index contributed by atoms with van der Waals surface area (Å²) in [5, 5.41) is 9.68. The second kappa shape index (κ2) is 5.78. The second-order valence-electron chi connectivity index (χ2n) is 7.35. The second-order valence-corrected chi connectivity index (χ2v) is 7.35. The van der Waals surface area contributed by atoms with Crippen molar-refractivity contribution in [2.24, 2.45) is 11.3 Å². The zero-order valence-corrected chi connectivity index (χ0v) is 14.0. The third-order valence-corrected chi connectivity index (χ3v) is 5.74. The van der Waals surface area contributed by atoms with Crippen LogP contribution in [0.4, 0.5) is 0 Å². The van der Waals surface area contributed by atoms with Gasteiger partial charge in [-0.25, -0.2) is 0 Å². The molecule has 0 unspecified atom stereocenters. The number of furan rings is 1. The van der Waals surface area contributed by atoms with Crippen LogP contribution in [0, 0.1) is 18.3 Å². The number of carboxylic acid groups (broad SMARTS) is 1. The Labute approximate surface area is 142 Å². The minimum absolute atomic E-state index is 0.293. The van der Waals surface area contributed by atoms with Gasteiger partial charge < -0.3 is 9.52 Å². The van der Waals surface area contributed by atoms with Crippen LogP contribution in [-0.2, 0) is 11.3 Å². The Balaban J connectivity index is 1.47. The van der Waals surface area contributed by atoms with Gasteiger partial charge in [0, 0.05) is 18.7 Å². The predicted octanol–water partition coefficient (Wildman–Crippen LogP) is 3.94. The maximum Gasteiger partial charge on any atom is 0.311 e. The third-order valence-electron chi connectivity index (χ3n) is 5.74. The van der Waals surface area contributed by atoms with Crippen LogP contribution in [0.3, 0.4) is 0 Å². The van der Waals surface area contributed by atoms with Gasteiger partial charge in [-0.05, 0) is 37.8 Å². The molecule has 1 saturated heterocycles. The molecule has 1 aromatic heterocycles. The smallest absolute Gasteiger partial charge is 0.311 e. The summed E-state index contributed by atoms with van der Waals surface area (Å²) < 4.78 is 6.00. The molecule has 2 aliphatic rings. The molecule has 4 nitrogen and oxygen atoms in total. The van der Waals surface area contributed by atoms with Gasteiger partial charge in [-0.2, -0.15) is 0 Å². The number of hydrogen-bond acceptors (Lipinski definition) is 3. The first-order valence-electron chi connectivity index (χ1n) is 8.68. The summed E-state index contributed by atoms with van der Waals surface area (Å²) in [5.41, 5.74) is 1.78. The van der Waals surface area contributed by atoms with Gasteiger partial charge in [0.15, 0.2) is 0 Å². The first kappa shape index (κ1) is 15.5. The van der Waals surface area contributed by atoms with Crippen molar-refractivity contribution in [3.8, 4) is 11.3 Å². The van der Waals surface area contributed by atoms with E-state index >= 15 is 0 Å². The quantitative estimate of drug-likeness (QED) is 0.925. The number of hydrogen-bond donors (Lipinski definition) is 1. The molecule has 126 valence electrons. The number of benzene rings is 1. The molecular weight excluding hydrogens is 302 g/mol. The standard InChI is InChI=1S/C20H23NO3/c1-14-4-6-15(7-5-14)18-9-8-17(24-18)12-21-11-16-3-2-10-20(16,13-21)19(22)23/h4-9,16H,2-3,10-13H2,1H3,(H,22,23)/t16-,20+/m0/s1. The number of aryl methyl sites for hydroxylation is 1. The minimum atomic E-state index is -0.618. The van der Waals surface area contributed by atoms with Gasteiger partial charge in [0.1, 0.15) is 11.5 Å². The lowest BCUT2D eigenvalue weighted by atomic mass is 9.81. The van der Waals surface area contributed by atoms with Crippen LogP contribution in [0.1, 0.15) is 30.6 Å². The summed E-state index contributed by atoms with van der Waals surface area (Å²) in [6, 6.07) is 12.3. The van der Waals surface area contributed by atoms with Crippen LogP contribution in [0.2, 0.25) is 0 Å². The van der Waals surface area contributed by atoms with Crippen LogP contribution < -0.4 is 0 Å². The average Bonchev–Trinajstić information content (AvgIpc) is 3.22. The molecular formula is C20H23NO3. The van der Waals surface area contributed by atoms with E-state index in [1.54, 1.807) is 0 Å². The van der Waals surface area contributed by atoms with Crippen LogP contribution in [0.25, 0.3) is 11.3 Å². The maximum atomic E-state index is 11.8. The van der Waals surface area contributed by atoms with E-state index in [9.17, 15) is 9.90 Å². The molecule has 0 bridgehead atoms. The normalized spacial score (nSPS) is 26.6. The van der Waals surface area contributed by atoms with Crippen LogP contribution >= 0.6 is 0 Å². The van der Waals surface area contributed by atoms with Crippen molar-refractivity contribution in [3.05, 3.63) is 47.7 Å². The fourth-order valence-corrected chi connectivity index (χ4v) is 4.42. The number of rotatable bonds is 4. The van der Waals surface area contributed by atoms with Gasteiger partial charge in [0.2, 0.25) is 0 Å². The molecule has 2 fully saturated rings. The van der Waals surface area contributed by atoms with Crippen LogP contribution in [0.15, 0.2) is 40.8 Å². The number of fused-ring (bicyclic) bond motifs is 1. The highest BCUT2D eigenvalue weighted by atomic mass is 16.4. The minimum Gasteiger partial charge on any atom is -0.481 e. The van der Waals surface area contributed by atoms with E-state index in [-0.39, 0.29) is 0 Å². The summed E-state index contributed by atoms with van der Waals surface area (Å²) in [6.07, 6.45) is 2.90. The van der Waals surface area contributed by atoms with Crippen LogP contribution in [-0.4, -0.2) is 29.1 Å². The Bertz CT molecular complexity index is 748. The van der Waals surface area contributed by atoms with Gasteiger partial charge in [0.25, 0.3) is 0 Å². The molecule has 1 N–H and O–H groups in total. The molecule has 0 radical (unpaired) electrons. The Morgan fingerprint density at radius 2 is 2.08 bits per heavy atom. The fraction of sp³-hybridized carbons (Fsp3) is 0.450. The molecule has 2 atom stereocenters. The lowest BCUT2D eigenvalue weighted by molar-refractivity contribution is -0.149. The number of aliphatic carboxylic acids is 1. The van der Waals surface area contributed by atoms with Gasteiger partial charge >= 0.3 is 5.97 Å². The van der Waals surface area contributed by atoms with E-state index in [1.165, 1.54) is 5.56 Å². The lowest BCUT2D eigenvalue weighted by Gasteiger charge is -2.23. The van der Waals surface area contributed by atoms with Crippen molar-refractivity contribution >= 4 is 5.97 Å². The molecule has 1 aliphatic carbocycles. The predicted molar refractivity (Wildman–Crippen MR) is 91.6 cm³/mol. The molecule has 24 heavy (non-hydrogen) atoms. The molecule has 4 rings (SSSR count). The summed E-state index contributed by atoms with van der Waals surface area (Å²) in [4.78, 5) is 14.0. The molecule has 1 aliphatic heterocycles. The molecule has 2 heterocycles. The van der Waals surface area contributed by atoms with Crippen molar-refractivity contribution in [1.29, 1.82) is 0 Å². The van der Waals surface area contributed by atoms with Crippen molar-refractivity contribution in [1.82, 2.24) is 4.90 Å². The van der Waals surface area contributed by atoms with Crippen LogP contribution in [0.5, 0.6) is 0 Å². The molecule has 2 aromatic rings. The number of carboxylic acids is 1. The van der Waals surface area contributed by atoms with Gasteiger partial charge in [-0.15, -0.1) is 0 Å². The van der Waals surface area contributed by atoms with Crippen molar-refractivity contribution in [2.75, 3.05) is 13.1 Å². The van der Waals surface area contributed by atoms with Gasteiger partial charge in [0.05, 0.1) is 12.0 Å². The van der Waals surface area contributed by atoms with Crippen molar-refractivity contribution < 1.29 is 14.3 Å². The summed E-state index contributed by atoms with van der Waals surface area (Å²) in [5.74, 6) is 1.46. The highest BCUT2D eigenvalue weighted by Crippen LogP contribution is 2.49. The monoisotopic (exact) mass is 325 g/mol. The SMILES string of the molecule is Cc1ccc(-c2ccc(CN3C[C@@H]4CCC[C@@]4(C(=O)O)C3)o2)cc1. The Morgan fingerprint density at radius 3 is 2.79 bits per heavy atom. The number of nitrogens with zero attached hydrogens (tertiary/aromatic N) is 1. The van der Waals surface area contributed by atoms with E-state index in [4.69, 9.17) is 4.42 Å². The highest BCUT2D eigenvalue weighted by Gasteiger charge is 2.54. The molecule has 1 saturated carbocycles. The molecule has 0 spiro atoms. The van der Waals surface area contributed by atoms with Crippen molar-refractivity contribution in [2.45, 2.75) is 32.7 Å². The van der Waals surface area contributed by atoms with E-state index < -0.39 is 11.4 Å². The Kier molecular flexibility index (Phi) is 3.72. The third kappa shape index (κ3) is 2.55. The summed E-state index contributed by atoms with van der Waals surface area (Å²) in [7, 11) is 0. The first-order chi connectivity index (χ1) is 11.6. The fourth-order valence-electron chi connectivity index (χ4n) is 4.42. The zero-order chi connectivity index (χ0) is 16.7. The van der Waals surface area contributed by atoms with Gasteiger partial charge in [-0.3, -0.25) is 9.69 Å². The number of carbonyl (C=O) groups is 1. The van der Waals surface area contributed by atoms with E-state index in [2.05, 4.69) is 36.1 Å².